The zero-order valence-corrected chi connectivity index (χ0v) is 14.7. The van der Waals surface area contributed by atoms with Gasteiger partial charge in [0.05, 0.1) is 12.3 Å². The molecule has 2 rings (SSSR count). The number of nitriles is 1. The van der Waals surface area contributed by atoms with Crippen molar-refractivity contribution in [2.75, 3.05) is 6.61 Å². The fourth-order valence-electron chi connectivity index (χ4n) is 2.20. The highest BCUT2D eigenvalue weighted by molar-refractivity contribution is 5.98. The van der Waals surface area contributed by atoms with E-state index in [1.807, 2.05) is 6.07 Å². The van der Waals surface area contributed by atoms with Gasteiger partial charge < -0.3 is 15.2 Å². The predicted octanol–water partition coefficient (Wildman–Crippen LogP) is 3.36. The Morgan fingerprint density at radius 2 is 1.70 bits per heavy atom. The second kappa shape index (κ2) is 9.59. The number of benzene rings is 2. The molecule has 0 bridgehead atoms. The third kappa shape index (κ3) is 5.31. The lowest BCUT2D eigenvalue weighted by molar-refractivity contribution is -0.138. The van der Waals surface area contributed by atoms with E-state index < -0.39 is 23.2 Å². The van der Waals surface area contributed by atoms with Crippen LogP contribution in [0, 0.1) is 11.3 Å². The van der Waals surface area contributed by atoms with E-state index in [0.717, 1.165) is 0 Å². The van der Waals surface area contributed by atoms with Gasteiger partial charge in [0, 0.05) is 5.56 Å². The lowest BCUT2D eigenvalue weighted by Crippen LogP contribution is -2.25. The Labute approximate surface area is 157 Å². The molecule has 0 saturated carbocycles. The minimum atomic E-state index is -0.967. The van der Waals surface area contributed by atoms with Crippen LogP contribution in [-0.2, 0) is 9.53 Å². The summed E-state index contributed by atoms with van der Waals surface area (Å²) in [5, 5.41) is 22.3. The van der Waals surface area contributed by atoms with Gasteiger partial charge in [0.2, 0.25) is 0 Å². The summed E-state index contributed by atoms with van der Waals surface area (Å²) in [5.74, 6) is -2.13. The van der Waals surface area contributed by atoms with Crippen molar-refractivity contribution in [1.29, 1.82) is 5.26 Å². The van der Waals surface area contributed by atoms with E-state index in [1.165, 1.54) is 6.08 Å². The first-order valence-corrected chi connectivity index (χ1v) is 8.20. The Hall–Kier alpha value is -3.85. The number of esters is 1. The van der Waals surface area contributed by atoms with Crippen LogP contribution in [0.2, 0.25) is 0 Å². The second-order valence-electron chi connectivity index (χ2n) is 5.34. The number of ether oxygens (including phenoxy) is 1. The van der Waals surface area contributed by atoms with E-state index in [4.69, 9.17) is 4.74 Å². The van der Waals surface area contributed by atoms with E-state index in [-0.39, 0.29) is 12.3 Å². The molecule has 2 aromatic rings. The van der Waals surface area contributed by atoms with Crippen molar-refractivity contribution in [1.82, 2.24) is 5.32 Å². The summed E-state index contributed by atoms with van der Waals surface area (Å²) >= 11 is 0. The molecule has 0 saturated heterocycles. The van der Waals surface area contributed by atoms with Crippen LogP contribution in [0.4, 0.5) is 0 Å². The summed E-state index contributed by atoms with van der Waals surface area (Å²) in [6, 6.07) is 18.9. The number of rotatable bonds is 6. The highest BCUT2D eigenvalue weighted by atomic mass is 16.5. The fraction of sp³-hybridized carbons (Fsp3) is 0.0952. The van der Waals surface area contributed by atoms with Crippen LogP contribution in [-0.4, -0.2) is 23.6 Å². The van der Waals surface area contributed by atoms with Crippen molar-refractivity contribution in [2.45, 2.75) is 6.92 Å². The van der Waals surface area contributed by atoms with Crippen LogP contribution in [0.3, 0.4) is 0 Å². The van der Waals surface area contributed by atoms with Gasteiger partial charge in [-0.05, 0) is 30.7 Å². The molecule has 6 heteroatoms. The first-order valence-electron chi connectivity index (χ1n) is 8.20. The highest BCUT2D eigenvalue weighted by Gasteiger charge is 2.21. The largest absolute Gasteiger partial charge is 0.504 e. The van der Waals surface area contributed by atoms with Gasteiger partial charge in [-0.3, -0.25) is 4.79 Å². The van der Waals surface area contributed by atoms with Gasteiger partial charge in [-0.15, -0.1) is 0 Å². The molecule has 0 radical (unpaired) electrons. The molecular weight excluding hydrogens is 344 g/mol. The minimum Gasteiger partial charge on any atom is -0.504 e. The predicted molar refractivity (Wildman–Crippen MR) is 100 cm³/mol. The van der Waals surface area contributed by atoms with Crippen molar-refractivity contribution in [3.05, 3.63) is 88.8 Å². The van der Waals surface area contributed by atoms with Crippen molar-refractivity contribution < 1.29 is 19.4 Å². The van der Waals surface area contributed by atoms with Crippen LogP contribution in [0.15, 0.2) is 77.7 Å². The van der Waals surface area contributed by atoms with E-state index in [9.17, 15) is 20.0 Å². The first kappa shape index (κ1) is 19.5. The quantitative estimate of drug-likeness (QED) is 0.270. The van der Waals surface area contributed by atoms with Gasteiger partial charge in [0.25, 0.3) is 5.91 Å². The van der Waals surface area contributed by atoms with Crippen molar-refractivity contribution in [3.8, 4) is 6.07 Å². The molecule has 6 nitrogen and oxygen atoms in total. The van der Waals surface area contributed by atoms with E-state index in [1.54, 1.807) is 67.6 Å². The first-order chi connectivity index (χ1) is 13.1. The number of aliphatic hydroxyl groups is 1. The summed E-state index contributed by atoms with van der Waals surface area (Å²) in [7, 11) is 0. The van der Waals surface area contributed by atoms with Crippen molar-refractivity contribution >= 4 is 18.0 Å². The summed E-state index contributed by atoms with van der Waals surface area (Å²) in [5.41, 5.74) is 0.347. The topological polar surface area (TPSA) is 99.4 Å². The number of carbonyl (C=O) groups excluding carboxylic acids is 2. The van der Waals surface area contributed by atoms with Crippen LogP contribution < -0.4 is 5.32 Å². The number of nitrogens with zero attached hydrogens (tertiary/aromatic N) is 1. The van der Waals surface area contributed by atoms with Gasteiger partial charge in [-0.25, -0.2) is 4.79 Å². The molecule has 0 fully saturated rings. The van der Waals surface area contributed by atoms with Gasteiger partial charge >= 0.3 is 5.97 Å². The Kier molecular flexibility index (Phi) is 6.91. The lowest BCUT2D eigenvalue weighted by atomic mass is 10.1. The van der Waals surface area contributed by atoms with Crippen molar-refractivity contribution in [2.24, 2.45) is 0 Å². The SMILES string of the molecule is CCOC(=O)/C(C#N)=C(O)/C(=C/c1ccccc1)NC(=O)c1ccccc1. The monoisotopic (exact) mass is 362 g/mol. The number of hydrogen-bond donors (Lipinski definition) is 2. The Balaban J connectivity index is 2.47. The maximum atomic E-state index is 12.5. The molecule has 136 valence electrons. The molecular formula is C21H18N2O4. The highest BCUT2D eigenvalue weighted by Crippen LogP contribution is 2.16. The van der Waals surface area contributed by atoms with E-state index in [0.29, 0.717) is 11.1 Å². The standard InChI is InChI=1S/C21H18N2O4/c1-2-27-21(26)17(14-22)19(24)18(13-15-9-5-3-6-10-15)23-20(25)16-11-7-4-8-12-16/h3-13,24H,2H2,1H3,(H,23,25)/b18-13-,19-17-. The van der Waals surface area contributed by atoms with Gasteiger partial charge in [0.1, 0.15) is 6.07 Å². The van der Waals surface area contributed by atoms with Crippen LogP contribution in [0.1, 0.15) is 22.8 Å². The van der Waals surface area contributed by atoms with Crippen LogP contribution >= 0.6 is 0 Å². The zero-order valence-electron chi connectivity index (χ0n) is 14.7. The summed E-state index contributed by atoms with van der Waals surface area (Å²) in [4.78, 5) is 24.4. The van der Waals surface area contributed by atoms with Gasteiger partial charge in [-0.2, -0.15) is 5.26 Å². The molecule has 0 aliphatic carbocycles. The molecule has 2 N–H and O–H groups in total. The maximum Gasteiger partial charge on any atom is 0.352 e. The zero-order chi connectivity index (χ0) is 19.6. The van der Waals surface area contributed by atoms with Gasteiger partial charge in [-0.1, -0.05) is 48.5 Å². The molecule has 1 amide bonds. The summed E-state index contributed by atoms with van der Waals surface area (Å²) in [6.45, 7) is 1.63. The number of carbonyl (C=O) groups is 2. The normalized spacial score (nSPS) is 11.8. The molecule has 0 aliphatic heterocycles. The maximum absolute atomic E-state index is 12.5. The Morgan fingerprint density at radius 1 is 1.11 bits per heavy atom. The van der Waals surface area contributed by atoms with E-state index >= 15 is 0 Å². The number of hydrogen-bond acceptors (Lipinski definition) is 5. The number of aliphatic hydroxyl groups excluding tert-OH is 1. The summed E-state index contributed by atoms with van der Waals surface area (Å²) < 4.78 is 4.79. The molecule has 0 spiro atoms. The molecule has 0 unspecified atom stereocenters. The molecule has 0 aromatic heterocycles. The van der Waals surface area contributed by atoms with Crippen molar-refractivity contribution in [3.63, 3.8) is 0 Å². The van der Waals surface area contributed by atoms with Crippen LogP contribution in [0.5, 0.6) is 0 Å². The average Bonchev–Trinajstić information content (AvgIpc) is 2.69. The Bertz CT molecular complexity index is 910. The molecule has 27 heavy (non-hydrogen) atoms. The average molecular weight is 362 g/mol. The smallest absolute Gasteiger partial charge is 0.352 e. The third-order valence-electron chi connectivity index (χ3n) is 3.48. The van der Waals surface area contributed by atoms with Gasteiger partial charge in [0.15, 0.2) is 11.3 Å². The molecule has 2 aromatic carbocycles. The molecule has 0 aliphatic rings. The third-order valence-corrected chi connectivity index (χ3v) is 3.48. The molecule has 0 heterocycles. The minimum absolute atomic E-state index is 0.0470. The molecule has 0 atom stereocenters. The van der Waals surface area contributed by atoms with Crippen LogP contribution in [0.25, 0.3) is 6.08 Å². The Morgan fingerprint density at radius 3 is 2.26 bits per heavy atom. The number of nitrogens with one attached hydrogen (secondary N) is 1. The second-order valence-corrected chi connectivity index (χ2v) is 5.34. The number of amides is 1. The summed E-state index contributed by atoms with van der Waals surface area (Å²) in [6.07, 6.45) is 1.47. The van der Waals surface area contributed by atoms with E-state index in [2.05, 4.69) is 5.32 Å². The fourth-order valence-corrected chi connectivity index (χ4v) is 2.20. The lowest BCUT2D eigenvalue weighted by Gasteiger charge is -2.11.